The topological polar surface area (TPSA) is 105 Å². The zero-order chi connectivity index (χ0) is 20.3. The third-order valence-electron chi connectivity index (χ3n) is 4.21. The van der Waals surface area contributed by atoms with Crippen molar-refractivity contribution in [3.63, 3.8) is 0 Å². The van der Waals surface area contributed by atoms with Crippen LogP contribution >= 0.6 is 0 Å². The lowest BCUT2D eigenvalue weighted by atomic mass is 10.1. The smallest absolute Gasteiger partial charge is 0.261 e. The van der Waals surface area contributed by atoms with Gasteiger partial charge in [0.15, 0.2) is 0 Å². The molecule has 1 aliphatic rings. The highest BCUT2D eigenvalue weighted by atomic mass is 16.5. The molecule has 0 unspecified atom stereocenters. The van der Waals surface area contributed by atoms with E-state index in [0.29, 0.717) is 18.0 Å². The van der Waals surface area contributed by atoms with E-state index in [1.54, 1.807) is 24.3 Å². The second kappa shape index (κ2) is 7.91. The summed E-state index contributed by atoms with van der Waals surface area (Å²) in [7, 11) is 1.38. The summed E-state index contributed by atoms with van der Waals surface area (Å²) < 4.78 is 5.33. The lowest BCUT2D eigenvalue weighted by Crippen LogP contribution is -2.32. The number of imide groups is 1. The van der Waals surface area contributed by atoms with Crippen molar-refractivity contribution < 1.29 is 23.9 Å². The molecule has 0 radical (unpaired) electrons. The first-order chi connectivity index (χ1) is 13.4. The number of hydrogen-bond donors (Lipinski definition) is 2. The number of carbonyl (C=O) groups excluding carboxylic acids is 4. The maximum absolute atomic E-state index is 12.3. The van der Waals surface area contributed by atoms with Gasteiger partial charge in [0.2, 0.25) is 5.91 Å². The Labute approximate surface area is 161 Å². The minimum atomic E-state index is -0.514. The van der Waals surface area contributed by atoms with Crippen molar-refractivity contribution in [2.45, 2.75) is 6.92 Å². The van der Waals surface area contributed by atoms with Crippen LogP contribution in [0.25, 0.3) is 0 Å². The summed E-state index contributed by atoms with van der Waals surface area (Å²) in [4.78, 5) is 49.2. The van der Waals surface area contributed by atoms with Crippen LogP contribution in [0.3, 0.4) is 0 Å². The van der Waals surface area contributed by atoms with Crippen LogP contribution in [0.5, 0.6) is 5.75 Å². The molecule has 144 valence electrons. The lowest BCUT2D eigenvalue weighted by Gasteiger charge is -2.08. The van der Waals surface area contributed by atoms with Crippen LogP contribution in [0.4, 0.5) is 5.69 Å². The van der Waals surface area contributed by atoms with Gasteiger partial charge in [0.1, 0.15) is 5.75 Å². The van der Waals surface area contributed by atoms with Gasteiger partial charge in [0, 0.05) is 18.3 Å². The number of amides is 4. The average molecular weight is 381 g/mol. The third-order valence-corrected chi connectivity index (χ3v) is 4.21. The van der Waals surface area contributed by atoms with Crippen LogP contribution < -0.4 is 15.4 Å². The van der Waals surface area contributed by atoms with Gasteiger partial charge in [-0.15, -0.1) is 0 Å². The van der Waals surface area contributed by atoms with Crippen molar-refractivity contribution >= 4 is 29.3 Å². The molecule has 0 spiro atoms. The molecule has 8 nitrogen and oxygen atoms in total. The Morgan fingerprint density at radius 3 is 2.36 bits per heavy atom. The molecular weight excluding hydrogens is 362 g/mol. The molecule has 3 rings (SSSR count). The summed E-state index contributed by atoms with van der Waals surface area (Å²) in [5, 5.41) is 5.16. The molecule has 0 atom stereocenters. The maximum atomic E-state index is 12.3. The van der Waals surface area contributed by atoms with E-state index in [2.05, 4.69) is 10.6 Å². The van der Waals surface area contributed by atoms with Crippen LogP contribution in [-0.2, 0) is 4.79 Å². The third kappa shape index (κ3) is 3.85. The van der Waals surface area contributed by atoms with E-state index in [0.717, 1.165) is 4.90 Å². The fourth-order valence-corrected chi connectivity index (χ4v) is 2.77. The number of ether oxygens (including phenoxy) is 1. The highest BCUT2D eigenvalue weighted by molar-refractivity contribution is 6.21. The largest absolute Gasteiger partial charge is 0.494 e. The number of benzene rings is 2. The van der Waals surface area contributed by atoms with Crippen LogP contribution in [0, 0.1) is 0 Å². The zero-order valence-corrected chi connectivity index (χ0v) is 15.4. The summed E-state index contributed by atoms with van der Waals surface area (Å²) in [6, 6.07) is 11.1. The van der Waals surface area contributed by atoms with Crippen LogP contribution in [0.2, 0.25) is 0 Å². The molecule has 8 heteroatoms. The van der Waals surface area contributed by atoms with E-state index in [-0.39, 0.29) is 23.2 Å². The van der Waals surface area contributed by atoms with Crippen molar-refractivity contribution in [3.8, 4) is 5.75 Å². The average Bonchev–Trinajstić information content (AvgIpc) is 2.91. The number of fused-ring (bicyclic) bond motifs is 1. The number of nitrogens with zero attached hydrogens (tertiary/aromatic N) is 1. The number of carbonyl (C=O) groups is 4. The van der Waals surface area contributed by atoms with Gasteiger partial charge in [-0.3, -0.25) is 24.1 Å². The van der Waals surface area contributed by atoms with E-state index < -0.39 is 23.6 Å². The van der Waals surface area contributed by atoms with Gasteiger partial charge in [0.25, 0.3) is 17.7 Å². The molecule has 0 aliphatic carbocycles. The Morgan fingerprint density at radius 2 is 1.68 bits per heavy atom. The molecule has 2 N–H and O–H groups in total. The summed E-state index contributed by atoms with van der Waals surface area (Å²) in [5.41, 5.74) is 1.22. The quantitative estimate of drug-likeness (QED) is 0.741. The molecule has 2 aromatic carbocycles. The van der Waals surface area contributed by atoms with Gasteiger partial charge in [-0.1, -0.05) is 0 Å². The van der Waals surface area contributed by atoms with E-state index in [1.807, 2.05) is 6.92 Å². The number of nitrogens with one attached hydrogen (secondary N) is 2. The fourth-order valence-electron chi connectivity index (χ4n) is 2.77. The number of rotatable bonds is 6. The maximum Gasteiger partial charge on any atom is 0.261 e. The van der Waals surface area contributed by atoms with Crippen molar-refractivity contribution in [2.75, 3.05) is 25.5 Å². The van der Waals surface area contributed by atoms with Crippen molar-refractivity contribution in [3.05, 3.63) is 59.2 Å². The normalized spacial score (nSPS) is 12.6. The van der Waals surface area contributed by atoms with E-state index >= 15 is 0 Å². The molecule has 0 saturated carbocycles. The predicted molar refractivity (Wildman–Crippen MR) is 101 cm³/mol. The first-order valence-corrected chi connectivity index (χ1v) is 8.68. The van der Waals surface area contributed by atoms with Crippen molar-refractivity contribution in [1.82, 2.24) is 10.2 Å². The molecule has 0 bridgehead atoms. The molecule has 28 heavy (non-hydrogen) atoms. The zero-order valence-electron chi connectivity index (χ0n) is 15.4. The SMILES string of the molecule is CCOc1ccc(NC(=O)CNC(=O)c2ccc3c(c2)C(=O)N(C)C3=O)cc1. The van der Waals surface area contributed by atoms with Crippen LogP contribution in [-0.4, -0.2) is 48.7 Å². The first-order valence-electron chi connectivity index (χ1n) is 8.68. The molecule has 0 fully saturated rings. The van der Waals surface area contributed by atoms with Gasteiger partial charge in [-0.25, -0.2) is 0 Å². The molecule has 0 saturated heterocycles. The lowest BCUT2D eigenvalue weighted by molar-refractivity contribution is -0.115. The van der Waals surface area contributed by atoms with Crippen LogP contribution in [0.15, 0.2) is 42.5 Å². The number of anilines is 1. The van der Waals surface area contributed by atoms with Gasteiger partial charge in [0.05, 0.1) is 24.3 Å². The monoisotopic (exact) mass is 381 g/mol. The predicted octanol–water partition coefficient (Wildman–Crippen LogP) is 1.68. The Bertz CT molecular complexity index is 953. The van der Waals surface area contributed by atoms with E-state index in [4.69, 9.17) is 4.74 Å². The van der Waals surface area contributed by atoms with Gasteiger partial charge < -0.3 is 15.4 Å². The Hall–Kier alpha value is -3.68. The highest BCUT2D eigenvalue weighted by Crippen LogP contribution is 2.22. The summed E-state index contributed by atoms with van der Waals surface area (Å²) in [5.74, 6) is -1.07. The second-order valence-electron chi connectivity index (χ2n) is 6.12. The molecule has 1 heterocycles. The van der Waals surface area contributed by atoms with Crippen molar-refractivity contribution in [2.24, 2.45) is 0 Å². The highest BCUT2D eigenvalue weighted by Gasteiger charge is 2.33. The van der Waals surface area contributed by atoms with Crippen LogP contribution in [0.1, 0.15) is 38.0 Å². The Morgan fingerprint density at radius 1 is 1.00 bits per heavy atom. The molecule has 1 aliphatic heterocycles. The summed E-state index contributed by atoms with van der Waals surface area (Å²) >= 11 is 0. The Kier molecular flexibility index (Phi) is 5.39. The molecule has 2 aromatic rings. The minimum Gasteiger partial charge on any atom is -0.494 e. The van der Waals surface area contributed by atoms with Gasteiger partial charge in [-0.2, -0.15) is 0 Å². The standard InChI is InChI=1S/C20H19N3O5/c1-3-28-14-7-5-13(6-8-14)22-17(24)11-21-18(25)12-4-9-15-16(10-12)20(27)23(2)19(15)26/h4-10H,3,11H2,1-2H3,(H,21,25)(H,22,24). The van der Waals surface area contributed by atoms with Gasteiger partial charge in [-0.05, 0) is 49.4 Å². The Balaban J connectivity index is 1.58. The summed E-state index contributed by atoms with van der Waals surface area (Å²) in [6.07, 6.45) is 0. The molecule has 0 aromatic heterocycles. The van der Waals surface area contributed by atoms with E-state index in [9.17, 15) is 19.2 Å². The minimum absolute atomic E-state index is 0.180. The fraction of sp³-hybridized carbons (Fsp3) is 0.200. The van der Waals surface area contributed by atoms with Gasteiger partial charge >= 0.3 is 0 Å². The van der Waals surface area contributed by atoms with Crippen molar-refractivity contribution in [1.29, 1.82) is 0 Å². The first kappa shape index (κ1) is 19.1. The molecule has 4 amide bonds. The second-order valence-corrected chi connectivity index (χ2v) is 6.12. The molecular formula is C20H19N3O5. The number of hydrogen-bond acceptors (Lipinski definition) is 5. The summed E-state index contributed by atoms with van der Waals surface area (Å²) in [6.45, 7) is 2.19. The van der Waals surface area contributed by atoms with E-state index in [1.165, 1.54) is 25.2 Å².